The number of aryl methyl sites for hydroxylation is 1. The maximum Gasteiger partial charge on any atom is 0.255 e. The van der Waals surface area contributed by atoms with Crippen LogP contribution in [-0.2, 0) is 0 Å². The summed E-state index contributed by atoms with van der Waals surface area (Å²) >= 11 is 4.56. The van der Waals surface area contributed by atoms with E-state index in [4.69, 9.17) is 0 Å². The molecule has 0 unspecified atom stereocenters. The lowest BCUT2D eigenvalue weighted by atomic mass is 10.1. The Morgan fingerprint density at radius 1 is 0.963 bits per heavy atom. The molecule has 0 aliphatic heterocycles. The molecule has 3 rings (SSSR count). The number of anilines is 2. The number of hydrogen-bond donors (Lipinski definition) is 2. The summed E-state index contributed by atoms with van der Waals surface area (Å²) in [5.74, 6) is -2.03. The zero-order chi connectivity index (χ0) is 19.4. The summed E-state index contributed by atoms with van der Waals surface area (Å²) in [4.78, 5) is 13.0. The first-order valence-electron chi connectivity index (χ1n) is 7.98. The highest BCUT2D eigenvalue weighted by Crippen LogP contribution is 2.24. The van der Waals surface area contributed by atoms with Gasteiger partial charge < -0.3 is 10.0 Å². The Hall–Kier alpha value is -2.38. The van der Waals surface area contributed by atoms with Gasteiger partial charge in [-0.05, 0) is 79.0 Å². The van der Waals surface area contributed by atoms with Crippen molar-refractivity contribution < 1.29 is 13.6 Å². The van der Waals surface area contributed by atoms with Gasteiger partial charge in [0, 0.05) is 26.3 Å². The second kappa shape index (κ2) is 8.54. The number of hydrogen-bond acceptors (Lipinski definition) is 3. The smallest absolute Gasteiger partial charge is 0.255 e. The maximum absolute atomic E-state index is 13.3. The molecule has 138 valence electrons. The van der Waals surface area contributed by atoms with Crippen molar-refractivity contribution in [3.05, 3.63) is 87.9 Å². The van der Waals surface area contributed by atoms with Gasteiger partial charge in [-0.3, -0.25) is 4.79 Å². The van der Waals surface area contributed by atoms with E-state index in [1.54, 1.807) is 24.3 Å². The fourth-order valence-electron chi connectivity index (χ4n) is 2.31. The van der Waals surface area contributed by atoms with Gasteiger partial charge in [0.05, 0.1) is 0 Å². The van der Waals surface area contributed by atoms with E-state index in [9.17, 15) is 13.6 Å². The van der Waals surface area contributed by atoms with Crippen LogP contribution in [0.2, 0.25) is 0 Å². The molecule has 3 aromatic rings. The minimum Gasteiger partial charge on any atom is -0.326 e. The Morgan fingerprint density at radius 3 is 2.52 bits per heavy atom. The molecule has 2 N–H and O–H groups in total. The van der Waals surface area contributed by atoms with Gasteiger partial charge in [-0.2, -0.15) is 0 Å². The lowest BCUT2D eigenvalue weighted by Gasteiger charge is -2.10. The van der Waals surface area contributed by atoms with Crippen LogP contribution in [0.1, 0.15) is 15.9 Å². The van der Waals surface area contributed by atoms with Crippen LogP contribution in [0.3, 0.4) is 0 Å². The van der Waals surface area contributed by atoms with E-state index in [-0.39, 0.29) is 5.91 Å². The molecule has 1 amide bonds. The molecule has 0 saturated carbocycles. The summed E-state index contributed by atoms with van der Waals surface area (Å²) in [6.07, 6.45) is 0. The second-order valence-electron chi connectivity index (χ2n) is 5.78. The number of carbonyl (C=O) groups excluding carboxylic acids is 1. The maximum atomic E-state index is 13.3. The van der Waals surface area contributed by atoms with E-state index >= 15 is 0 Å². The summed E-state index contributed by atoms with van der Waals surface area (Å²) < 4.78 is 30.2. The summed E-state index contributed by atoms with van der Waals surface area (Å²) in [6, 6.07) is 16.2. The Kier molecular flexibility index (Phi) is 6.13. The van der Waals surface area contributed by atoms with E-state index in [1.807, 2.05) is 25.1 Å². The summed E-state index contributed by atoms with van der Waals surface area (Å²) in [5.41, 5.74) is 2.87. The third-order valence-electron chi connectivity index (χ3n) is 3.72. The van der Waals surface area contributed by atoms with Gasteiger partial charge in [0.25, 0.3) is 5.91 Å². The molecule has 0 aliphatic carbocycles. The molecular weight excluding hydrogens is 434 g/mol. The highest BCUT2D eigenvalue weighted by molar-refractivity contribution is 9.10. The van der Waals surface area contributed by atoms with Gasteiger partial charge in [-0.1, -0.05) is 22.0 Å². The van der Waals surface area contributed by atoms with E-state index in [1.165, 1.54) is 6.07 Å². The predicted molar refractivity (Wildman–Crippen MR) is 109 cm³/mol. The van der Waals surface area contributed by atoms with Gasteiger partial charge in [0.2, 0.25) is 0 Å². The van der Waals surface area contributed by atoms with E-state index < -0.39 is 11.6 Å². The standard InChI is InChI=1S/C20H15BrF2N2OS/c1-12-9-14(5-7-17(12)21)24-20(26)13-3-2-4-15(10-13)25-27-16-6-8-18(22)19(23)11-16/h2-11,25H,1H3,(H,24,26). The van der Waals surface area contributed by atoms with Gasteiger partial charge >= 0.3 is 0 Å². The van der Waals surface area contributed by atoms with Crippen molar-refractivity contribution in [1.82, 2.24) is 0 Å². The lowest BCUT2D eigenvalue weighted by molar-refractivity contribution is 0.102. The van der Waals surface area contributed by atoms with Crippen molar-refractivity contribution in [3.8, 4) is 0 Å². The second-order valence-corrected chi connectivity index (χ2v) is 7.51. The molecule has 3 nitrogen and oxygen atoms in total. The van der Waals surface area contributed by atoms with Crippen molar-refractivity contribution >= 4 is 45.2 Å². The first kappa shape index (κ1) is 19.4. The number of amides is 1. The quantitative estimate of drug-likeness (QED) is 0.443. The average Bonchev–Trinajstić information content (AvgIpc) is 2.66. The van der Waals surface area contributed by atoms with Crippen LogP contribution < -0.4 is 10.0 Å². The molecule has 0 bridgehead atoms. The molecule has 0 aliphatic rings. The third kappa shape index (κ3) is 5.08. The molecule has 3 aromatic carbocycles. The summed E-state index contributed by atoms with van der Waals surface area (Å²) in [7, 11) is 0. The molecule has 0 fully saturated rings. The van der Waals surface area contributed by atoms with Crippen molar-refractivity contribution in [2.24, 2.45) is 0 Å². The first-order valence-corrected chi connectivity index (χ1v) is 9.59. The van der Waals surface area contributed by atoms with Gasteiger partial charge in [0.1, 0.15) is 0 Å². The Labute approximate surface area is 168 Å². The lowest BCUT2D eigenvalue weighted by Crippen LogP contribution is -2.12. The van der Waals surface area contributed by atoms with Gasteiger partial charge in [-0.25, -0.2) is 8.78 Å². The van der Waals surface area contributed by atoms with E-state index in [0.717, 1.165) is 34.1 Å². The van der Waals surface area contributed by atoms with Crippen LogP contribution in [0.25, 0.3) is 0 Å². The number of rotatable bonds is 5. The van der Waals surface area contributed by atoms with Crippen molar-refractivity contribution in [2.75, 3.05) is 10.0 Å². The minimum absolute atomic E-state index is 0.238. The molecule has 0 radical (unpaired) electrons. The predicted octanol–water partition coefficient (Wildman–Crippen LogP) is 6.41. The van der Waals surface area contributed by atoms with E-state index in [2.05, 4.69) is 26.0 Å². The number of carbonyl (C=O) groups is 1. The number of nitrogens with one attached hydrogen (secondary N) is 2. The fourth-order valence-corrected chi connectivity index (χ4v) is 3.22. The molecule has 0 atom stereocenters. The SMILES string of the molecule is Cc1cc(NC(=O)c2cccc(NSc3ccc(F)c(F)c3)c2)ccc1Br. The fraction of sp³-hybridized carbons (Fsp3) is 0.0500. The molecule has 0 heterocycles. The van der Waals surface area contributed by atoms with Crippen LogP contribution in [-0.4, -0.2) is 5.91 Å². The van der Waals surface area contributed by atoms with Crippen LogP contribution in [0.5, 0.6) is 0 Å². The first-order chi connectivity index (χ1) is 12.9. The average molecular weight is 449 g/mol. The molecular formula is C20H15BrF2N2OS. The molecule has 0 saturated heterocycles. The van der Waals surface area contributed by atoms with E-state index in [0.29, 0.717) is 21.8 Å². The number of halogens is 3. The summed E-state index contributed by atoms with van der Waals surface area (Å²) in [6.45, 7) is 1.94. The van der Waals surface area contributed by atoms with Gasteiger partial charge in [-0.15, -0.1) is 0 Å². The molecule has 7 heteroatoms. The van der Waals surface area contributed by atoms with Crippen molar-refractivity contribution in [3.63, 3.8) is 0 Å². The zero-order valence-electron chi connectivity index (χ0n) is 14.2. The normalized spacial score (nSPS) is 10.5. The zero-order valence-corrected chi connectivity index (χ0v) is 16.6. The highest BCUT2D eigenvalue weighted by Gasteiger charge is 2.08. The largest absolute Gasteiger partial charge is 0.326 e. The van der Waals surface area contributed by atoms with Crippen molar-refractivity contribution in [2.45, 2.75) is 11.8 Å². The topological polar surface area (TPSA) is 41.1 Å². The minimum atomic E-state index is -0.903. The third-order valence-corrected chi connectivity index (χ3v) is 5.44. The Bertz CT molecular complexity index is 997. The van der Waals surface area contributed by atoms with Crippen molar-refractivity contribution in [1.29, 1.82) is 0 Å². The Balaban J connectivity index is 1.67. The van der Waals surface area contributed by atoms with Crippen LogP contribution in [0.4, 0.5) is 20.2 Å². The summed E-state index contributed by atoms with van der Waals surface area (Å²) in [5, 5.41) is 2.86. The van der Waals surface area contributed by atoms with Crippen LogP contribution >= 0.6 is 27.9 Å². The number of benzene rings is 3. The van der Waals surface area contributed by atoms with Gasteiger partial charge in [0.15, 0.2) is 11.6 Å². The van der Waals surface area contributed by atoms with Crippen LogP contribution in [0, 0.1) is 18.6 Å². The molecule has 27 heavy (non-hydrogen) atoms. The van der Waals surface area contributed by atoms with Crippen LogP contribution in [0.15, 0.2) is 70.0 Å². The highest BCUT2D eigenvalue weighted by atomic mass is 79.9. The monoisotopic (exact) mass is 448 g/mol. The molecule has 0 spiro atoms. The molecule has 0 aromatic heterocycles. The Morgan fingerprint density at radius 2 is 1.78 bits per heavy atom.